The van der Waals surface area contributed by atoms with Crippen LogP contribution in [0.4, 0.5) is 0 Å². The van der Waals surface area contributed by atoms with Gasteiger partial charge in [-0.25, -0.2) is 0 Å². The van der Waals surface area contributed by atoms with Gasteiger partial charge in [-0.1, -0.05) is 0 Å². The average Bonchev–Trinajstić information content (AvgIpc) is 2.54. The Labute approximate surface area is 100 Å². The first-order valence-corrected chi connectivity index (χ1v) is 5.34. The fourth-order valence-electron chi connectivity index (χ4n) is 1.55. The fraction of sp³-hybridized carbons (Fsp3) is 0.800. The molecule has 17 heavy (non-hydrogen) atoms. The van der Waals surface area contributed by atoms with Crippen LogP contribution in [0.25, 0.3) is 0 Å². The molecule has 6 nitrogen and oxygen atoms in total. The SMILES string of the molecule is [B][C@@H]1O[C@H](CO)C(OC(=O)CCC(C)=O)[C@@H]1O. The number of ketones is 1. The van der Waals surface area contributed by atoms with E-state index in [-0.39, 0.29) is 18.6 Å². The second-order valence-electron chi connectivity index (χ2n) is 3.97. The van der Waals surface area contributed by atoms with Crippen LogP contribution in [0.1, 0.15) is 19.8 Å². The molecule has 0 aromatic heterocycles. The normalized spacial score (nSPS) is 32.4. The van der Waals surface area contributed by atoms with Crippen molar-refractivity contribution in [2.45, 2.75) is 44.1 Å². The molecule has 4 atom stereocenters. The van der Waals surface area contributed by atoms with Crippen LogP contribution in [0.5, 0.6) is 0 Å². The summed E-state index contributed by atoms with van der Waals surface area (Å²) in [6.07, 6.45) is -2.98. The van der Waals surface area contributed by atoms with Gasteiger partial charge in [-0.05, 0) is 6.92 Å². The minimum Gasteiger partial charge on any atom is -0.457 e. The molecule has 1 rings (SSSR count). The molecule has 1 fully saturated rings. The highest BCUT2D eigenvalue weighted by Gasteiger charge is 2.43. The zero-order valence-electron chi connectivity index (χ0n) is 9.54. The number of carbonyl (C=O) groups is 2. The molecule has 94 valence electrons. The highest BCUT2D eigenvalue weighted by atomic mass is 16.6. The standard InChI is InChI=1S/C10H15BO6/c1-5(13)2-3-7(14)17-9-6(4-12)16-10(11)8(9)15/h6,8-10,12,15H,2-4H2,1H3/t6-,8+,9?,10-/m1/s1. The van der Waals surface area contributed by atoms with Crippen LogP contribution in [-0.4, -0.2) is 60.7 Å². The Bertz CT molecular complexity index is 295. The van der Waals surface area contributed by atoms with Crippen molar-refractivity contribution < 1.29 is 29.3 Å². The average molecular weight is 242 g/mol. The molecule has 0 aliphatic carbocycles. The van der Waals surface area contributed by atoms with E-state index in [4.69, 9.17) is 22.4 Å². The maximum atomic E-state index is 11.4. The van der Waals surface area contributed by atoms with Crippen molar-refractivity contribution in [3.8, 4) is 0 Å². The molecule has 1 saturated heterocycles. The number of rotatable bonds is 5. The summed E-state index contributed by atoms with van der Waals surface area (Å²) in [5.41, 5.74) is 0. The zero-order valence-corrected chi connectivity index (χ0v) is 9.54. The van der Waals surface area contributed by atoms with E-state index in [0.717, 1.165) is 0 Å². The van der Waals surface area contributed by atoms with Crippen LogP contribution in [0.3, 0.4) is 0 Å². The molecular weight excluding hydrogens is 227 g/mol. The van der Waals surface area contributed by atoms with Gasteiger partial charge in [0, 0.05) is 12.4 Å². The number of carbonyl (C=O) groups excluding carboxylic acids is 2. The topological polar surface area (TPSA) is 93.1 Å². The van der Waals surface area contributed by atoms with E-state index in [9.17, 15) is 14.7 Å². The van der Waals surface area contributed by atoms with Crippen molar-refractivity contribution in [3.05, 3.63) is 0 Å². The third-order valence-electron chi connectivity index (χ3n) is 2.50. The highest BCUT2D eigenvalue weighted by Crippen LogP contribution is 2.22. The van der Waals surface area contributed by atoms with E-state index in [2.05, 4.69) is 0 Å². The lowest BCUT2D eigenvalue weighted by atomic mass is 9.93. The molecule has 2 N–H and O–H groups in total. The lowest BCUT2D eigenvalue weighted by molar-refractivity contribution is -0.157. The van der Waals surface area contributed by atoms with Gasteiger partial charge >= 0.3 is 5.97 Å². The van der Waals surface area contributed by atoms with Crippen molar-refractivity contribution in [2.24, 2.45) is 0 Å². The summed E-state index contributed by atoms with van der Waals surface area (Å²) in [6.45, 7) is 0.961. The van der Waals surface area contributed by atoms with Crippen molar-refractivity contribution in [1.82, 2.24) is 0 Å². The largest absolute Gasteiger partial charge is 0.457 e. The van der Waals surface area contributed by atoms with Gasteiger partial charge in [0.25, 0.3) is 0 Å². The highest BCUT2D eigenvalue weighted by molar-refractivity contribution is 6.11. The smallest absolute Gasteiger partial charge is 0.306 e. The summed E-state index contributed by atoms with van der Waals surface area (Å²) in [5.74, 6) is -0.749. The van der Waals surface area contributed by atoms with Crippen LogP contribution >= 0.6 is 0 Å². The van der Waals surface area contributed by atoms with Crippen molar-refractivity contribution in [2.75, 3.05) is 6.61 Å². The van der Waals surface area contributed by atoms with E-state index in [0.29, 0.717) is 0 Å². The van der Waals surface area contributed by atoms with Gasteiger partial charge in [0.15, 0.2) is 6.10 Å². The lowest BCUT2D eigenvalue weighted by Crippen LogP contribution is -2.38. The lowest BCUT2D eigenvalue weighted by Gasteiger charge is -2.19. The number of ether oxygens (including phenoxy) is 2. The van der Waals surface area contributed by atoms with Crippen LogP contribution in [0.2, 0.25) is 0 Å². The van der Waals surface area contributed by atoms with E-state index in [1.54, 1.807) is 0 Å². The Hall–Kier alpha value is -0.915. The second kappa shape index (κ2) is 6.14. The number of hydrogen-bond donors (Lipinski definition) is 2. The monoisotopic (exact) mass is 242 g/mol. The maximum absolute atomic E-state index is 11.4. The van der Waals surface area contributed by atoms with Crippen LogP contribution in [-0.2, 0) is 19.1 Å². The Balaban J connectivity index is 2.48. The molecule has 2 radical (unpaired) electrons. The molecule has 7 heteroatoms. The van der Waals surface area contributed by atoms with Crippen molar-refractivity contribution in [3.63, 3.8) is 0 Å². The second-order valence-corrected chi connectivity index (χ2v) is 3.97. The summed E-state index contributed by atoms with van der Waals surface area (Å²) >= 11 is 0. The van der Waals surface area contributed by atoms with E-state index in [1.165, 1.54) is 6.92 Å². The minimum atomic E-state index is -1.17. The Morgan fingerprint density at radius 3 is 2.59 bits per heavy atom. The van der Waals surface area contributed by atoms with E-state index < -0.39 is 36.9 Å². The van der Waals surface area contributed by atoms with Crippen LogP contribution in [0.15, 0.2) is 0 Å². The first kappa shape index (κ1) is 14.1. The molecule has 0 spiro atoms. The van der Waals surface area contributed by atoms with Gasteiger partial charge in [-0.2, -0.15) is 0 Å². The van der Waals surface area contributed by atoms with Gasteiger partial charge in [0.05, 0.1) is 13.0 Å². The van der Waals surface area contributed by atoms with Gasteiger partial charge in [-0.15, -0.1) is 0 Å². The summed E-state index contributed by atoms with van der Waals surface area (Å²) in [5, 5.41) is 18.5. The van der Waals surface area contributed by atoms with Gasteiger partial charge in [-0.3, -0.25) is 4.79 Å². The van der Waals surface area contributed by atoms with Crippen LogP contribution in [0, 0.1) is 0 Å². The summed E-state index contributed by atoms with van der Waals surface area (Å²) < 4.78 is 9.94. The number of hydrogen-bond acceptors (Lipinski definition) is 6. The van der Waals surface area contributed by atoms with Crippen LogP contribution < -0.4 is 0 Å². The summed E-state index contributed by atoms with van der Waals surface area (Å²) in [6, 6.07) is -0.988. The Morgan fingerprint density at radius 1 is 1.41 bits per heavy atom. The van der Waals surface area contributed by atoms with Gasteiger partial charge < -0.3 is 24.5 Å². The van der Waals surface area contributed by atoms with E-state index >= 15 is 0 Å². The number of Topliss-reactive ketones (excluding diaryl/α,β-unsaturated/α-hetero) is 1. The predicted octanol–water partition coefficient (Wildman–Crippen LogP) is -1.49. The summed E-state index contributed by atoms with van der Waals surface area (Å²) in [4.78, 5) is 22.0. The third-order valence-corrected chi connectivity index (χ3v) is 2.50. The first-order valence-electron chi connectivity index (χ1n) is 5.34. The van der Waals surface area contributed by atoms with Gasteiger partial charge in [0.1, 0.15) is 25.8 Å². The van der Waals surface area contributed by atoms with Gasteiger partial charge in [0.2, 0.25) is 0 Å². The number of aliphatic hydroxyl groups excluding tert-OH is 2. The molecule has 1 aliphatic rings. The number of esters is 1. The minimum absolute atomic E-state index is 0.0636. The molecule has 1 unspecified atom stereocenters. The third kappa shape index (κ3) is 3.80. The van der Waals surface area contributed by atoms with Crippen molar-refractivity contribution in [1.29, 1.82) is 0 Å². The fourth-order valence-corrected chi connectivity index (χ4v) is 1.55. The molecule has 0 aromatic carbocycles. The molecule has 0 saturated carbocycles. The molecule has 1 heterocycles. The molecular formula is C10H15BO6. The quantitative estimate of drug-likeness (QED) is 0.451. The molecule has 1 aliphatic heterocycles. The number of aliphatic hydroxyl groups is 2. The Morgan fingerprint density at radius 2 is 2.06 bits per heavy atom. The van der Waals surface area contributed by atoms with E-state index in [1.807, 2.05) is 0 Å². The predicted molar refractivity (Wildman–Crippen MR) is 57.3 cm³/mol. The summed E-state index contributed by atoms with van der Waals surface area (Å²) in [7, 11) is 5.40. The van der Waals surface area contributed by atoms with Crippen molar-refractivity contribution >= 4 is 19.6 Å². The first-order chi connectivity index (χ1) is 7.95. The Kier molecular flexibility index (Phi) is 5.11. The zero-order chi connectivity index (χ0) is 13.0. The molecule has 0 bridgehead atoms. The molecule has 0 amide bonds. The maximum Gasteiger partial charge on any atom is 0.306 e. The molecule has 0 aromatic rings.